The molecule has 1 unspecified atom stereocenters. The quantitative estimate of drug-likeness (QED) is 0.883. The van der Waals surface area contributed by atoms with Crippen molar-refractivity contribution in [3.63, 3.8) is 0 Å². The van der Waals surface area contributed by atoms with Crippen molar-refractivity contribution in [1.29, 1.82) is 0 Å². The molecule has 1 aliphatic rings. The smallest absolute Gasteiger partial charge is 0.337 e. The third-order valence-corrected chi connectivity index (χ3v) is 2.91. The van der Waals surface area contributed by atoms with E-state index < -0.39 is 0 Å². The van der Waals surface area contributed by atoms with E-state index in [4.69, 9.17) is 4.74 Å². The molecule has 7 heteroatoms. The van der Waals surface area contributed by atoms with E-state index in [-0.39, 0.29) is 13.6 Å². The van der Waals surface area contributed by atoms with E-state index in [1.165, 1.54) is 0 Å². The molecular formula is C9H13N5OS. The van der Waals surface area contributed by atoms with Crippen LogP contribution in [0.25, 0.3) is 0 Å². The second-order valence-electron chi connectivity index (χ2n) is 3.01. The Kier molecular flexibility index (Phi) is 2.78. The van der Waals surface area contributed by atoms with Crippen molar-refractivity contribution in [2.24, 2.45) is 0 Å². The number of thiazole rings is 1. The first-order valence-corrected chi connectivity index (χ1v) is 5.51. The summed E-state index contributed by atoms with van der Waals surface area (Å²) in [5, 5.41) is 10.3. The molecule has 16 heavy (non-hydrogen) atoms. The minimum atomic E-state index is 0. The lowest BCUT2D eigenvalue weighted by atomic mass is 10.4. The van der Waals surface area contributed by atoms with Gasteiger partial charge >= 0.3 is 6.01 Å². The fraction of sp³-hybridized carbons (Fsp3) is 0.444. The monoisotopic (exact) mass is 239 g/mol. The van der Waals surface area contributed by atoms with Gasteiger partial charge in [0.15, 0.2) is 6.17 Å². The van der Waals surface area contributed by atoms with Gasteiger partial charge in [0.25, 0.3) is 0 Å². The van der Waals surface area contributed by atoms with Crippen LogP contribution >= 0.6 is 11.3 Å². The van der Waals surface area contributed by atoms with E-state index in [9.17, 15) is 0 Å². The summed E-state index contributed by atoms with van der Waals surface area (Å²) >= 11 is 1.59. The van der Waals surface area contributed by atoms with Crippen LogP contribution in [-0.2, 0) is 0 Å². The molecule has 0 bridgehead atoms. The molecule has 0 aromatic carbocycles. The summed E-state index contributed by atoms with van der Waals surface area (Å²) in [4.78, 5) is 8.36. The maximum atomic E-state index is 5.21. The minimum Gasteiger partial charge on any atom is -0.463 e. The second kappa shape index (κ2) is 4.09. The van der Waals surface area contributed by atoms with E-state index in [0.29, 0.717) is 12.6 Å². The highest BCUT2D eigenvalue weighted by Crippen LogP contribution is 2.33. The number of ether oxygens (including phenoxy) is 1. The van der Waals surface area contributed by atoms with Crippen molar-refractivity contribution in [3.8, 4) is 6.01 Å². The van der Waals surface area contributed by atoms with E-state index in [1.54, 1.807) is 22.2 Å². The molecule has 2 aromatic heterocycles. The number of nitrogens with zero attached hydrogens (tertiary/aromatic N) is 4. The number of hydrogen-bond donors (Lipinski definition) is 1. The molecule has 0 fully saturated rings. The zero-order valence-electron chi connectivity index (χ0n) is 8.04. The van der Waals surface area contributed by atoms with E-state index in [0.717, 1.165) is 11.0 Å². The Balaban J connectivity index is 0.000000963. The molecule has 0 amide bonds. The van der Waals surface area contributed by atoms with Gasteiger partial charge in [-0.2, -0.15) is 9.67 Å². The normalized spacial score (nSPS) is 16.7. The van der Waals surface area contributed by atoms with Crippen LogP contribution in [0.1, 0.15) is 25.5 Å². The van der Waals surface area contributed by atoms with Crippen LogP contribution in [0.15, 0.2) is 11.6 Å². The molecule has 0 spiro atoms. The minimum absolute atomic E-state index is 0. The Morgan fingerprint density at radius 2 is 2.50 bits per heavy atom. The predicted octanol–water partition coefficient (Wildman–Crippen LogP) is 1.74. The van der Waals surface area contributed by atoms with Crippen LogP contribution in [0.4, 0.5) is 5.95 Å². The molecule has 3 heterocycles. The predicted molar refractivity (Wildman–Crippen MR) is 61.8 cm³/mol. The van der Waals surface area contributed by atoms with E-state index in [2.05, 4.69) is 20.4 Å². The number of aromatic nitrogens is 4. The molecule has 1 atom stereocenters. The van der Waals surface area contributed by atoms with Gasteiger partial charge in [0.05, 0.1) is 6.61 Å². The van der Waals surface area contributed by atoms with Crippen LogP contribution < -0.4 is 10.1 Å². The first kappa shape index (κ1) is 10.9. The standard InChI is InChI=1S/C8H9N5OS.CH4/c1-2-14-8-11-7-10-5(13(7)12-8)6-9-3-4-15-6;/h3-5H,2H2,1H3,(H,10,11,12);1H4. The summed E-state index contributed by atoms with van der Waals surface area (Å²) in [5.74, 6) is 0.735. The van der Waals surface area contributed by atoms with Crippen molar-refractivity contribution in [3.05, 3.63) is 16.6 Å². The number of rotatable bonds is 3. The number of nitrogens with one attached hydrogen (secondary N) is 1. The van der Waals surface area contributed by atoms with Crippen LogP contribution in [-0.4, -0.2) is 26.4 Å². The maximum absolute atomic E-state index is 5.21. The molecule has 86 valence electrons. The lowest BCUT2D eigenvalue weighted by molar-refractivity contribution is 0.309. The van der Waals surface area contributed by atoms with Gasteiger partial charge in [-0.15, -0.1) is 16.4 Å². The Morgan fingerprint density at radius 1 is 1.62 bits per heavy atom. The molecular weight excluding hydrogens is 226 g/mol. The molecule has 1 N–H and O–H groups in total. The molecule has 1 aliphatic heterocycles. The third-order valence-electron chi connectivity index (χ3n) is 2.08. The van der Waals surface area contributed by atoms with Gasteiger partial charge in [0.2, 0.25) is 5.95 Å². The molecule has 2 aromatic rings. The largest absolute Gasteiger partial charge is 0.463 e. The molecule has 0 saturated heterocycles. The highest BCUT2D eigenvalue weighted by Gasteiger charge is 2.32. The Morgan fingerprint density at radius 3 is 3.19 bits per heavy atom. The zero-order chi connectivity index (χ0) is 10.3. The Bertz CT molecular complexity index is 466. The van der Waals surface area contributed by atoms with Crippen LogP contribution in [0.5, 0.6) is 6.01 Å². The van der Waals surface area contributed by atoms with Crippen LogP contribution in [0.3, 0.4) is 0 Å². The maximum Gasteiger partial charge on any atom is 0.337 e. The van der Waals surface area contributed by atoms with Crippen molar-refractivity contribution in [2.45, 2.75) is 20.5 Å². The van der Waals surface area contributed by atoms with Gasteiger partial charge in [0.1, 0.15) is 5.01 Å². The molecule has 0 radical (unpaired) electrons. The average Bonchev–Trinajstić information content (AvgIpc) is 2.80. The van der Waals surface area contributed by atoms with Crippen molar-refractivity contribution >= 4 is 17.3 Å². The highest BCUT2D eigenvalue weighted by atomic mass is 32.1. The Labute approximate surface area is 97.3 Å². The number of fused-ring (bicyclic) bond motifs is 1. The van der Waals surface area contributed by atoms with Crippen LogP contribution in [0, 0.1) is 0 Å². The summed E-state index contributed by atoms with van der Waals surface area (Å²) in [5.41, 5.74) is 0. The fourth-order valence-electron chi connectivity index (χ4n) is 1.43. The first-order valence-electron chi connectivity index (χ1n) is 4.63. The van der Waals surface area contributed by atoms with Gasteiger partial charge in [-0.3, -0.25) is 0 Å². The summed E-state index contributed by atoms with van der Waals surface area (Å²) in [6.45, 7) is 2.48. The molecule has 0 saturated carbocycles. The van der Waals surface area contributed by atoms with Crippen molar-refractivity contribution < 1.29 is 4.74 Å². The SMILES string of the molecule is C.CCOc1nc2n(n1)C(c1nccs1)N2. The molecule has 3 rings (SSSR count). The number of anilines is 1. The summed E-state index contributed by atoms with van der Waals surface area (Å²) in [6, 6.07) is 0.416. The summed E-state index contributed by atoms with van der Waals surface area (Å²) in [7, 11) is 0. The third kappa shape index (κ3) is 1.53. The van der Waals surface area contributed by atoms with Crippen molar-refractivity contribution in [2.75, 3.05) is 11.9 Å². The lowest BCUT2D eigenvalue weighted by Gasteiger charge is -2.26. The van der Waals surface area contributed by atoms with Gasteiger partial charge in [-0.1, -0.05) is 7.43 Å². The van der Waals surface area contributed by atoms with Crippen LogP contribution in [0.2, 0.25) is 0 Å². The van der Waals surface area contributed by atoms with Gasteiger partial charge in [-0.25, -0.2) is 4.98 Å². The zero-order valence-corrected chi connectivity index (χ0v) is 8.86. The summed E-state index contributed by atoms with van der Waals surface area (Å²) < 4.78 is 6.99. The fourth-order valence-corrected chi connectivity index (χ4v) is 2.10. The molecule has 6 nitrogen and oxygen atoms in total. The van der Waals surface area contributed by atoms with E-state index in [1.807, 2.05) is 12.3 Å². The van der Waals surface area contributed by atoms with Gasteiger partial charge < -0.3 is 10.1 Å². The topological polar surface area (TPSA) is 64.9 Å². The summed E-state index contributed by atoms with van der Waals surface area (Å²) in [6.07, 6.45) is 1.79. The van der Waals surface area contributed by atoms with E-state index >= 15 is 0 Å². The lowest BCUT2D eigenvalue weighted by Crippen LogP contribution is -2.32. The van der Waals surface area contributed by atoms with Crippen molar-refractivity contribution in [1.82, 2.24) is 19.7 Å². The number of hydrogen-bond acceptors (Lipinski definition) is 6. The second-order valence-corrected chi connectivity index (χ2v) is 3.94. The van der Waals surface area contributed by atoms with Gasteiger partial charge in [0, 0.05) is 11.6 Å². The van der Waals surface area contributed by atoms with Gasteiger partial charge in [-0.05, 0) is 6.92 Å². The first-order chi connectivity index (χ1) is 7.38. The molecule has 0 aliphatic carbocycles. The average molecular weight is 239 g/mol. The Hall–Kier alpha value is -1.63. The highest BCUT2D eigenvalue weighted by molar-refractivity contribution is 7.09.